The Kier molecular flexibility index (Phi) is 8.12. The molecular formula is C30H24N2O4. The van der Waals surface area contributed by atoms with E-state index < -0.39 is 11.9 Å². The van der Waals surface area contributed by atoms with Crippen molar-refractivity contribution in [3.63, 3.8) is 0 Å². The highest BCUT2D eigenvalue weighted by molar-refractivity contribution is 6.12. The van der Waals surface area contributed by atoms with Crippen LogP contribution in [0.4, 0.5) is 0 Å². The minimum atomic E-state index is -0.570. The Hall–Kier alpha value is -4.84. The number of oxime groups is 2. The van der Waals surface area contributed by atoms with Crippen LogP contribution >= 0.6 is 0 Å². The maximum atomic E-state index is 12.4. The van der Waals surface area contributed by atoms with Crippen LogP contribution in [0.2, 0.25) is 0 Å². The SMILES string of the molecule is C/C(C/C(=N/OC(=O)c1ccccc1)c1ccc(-c2ccccc2)cc1)=N\OC(=O)c1ccccc1. The van der Waals surface area contributed by atoms with Crippen LogP contribution in [0.3, 0.4) is 0 Å². The molecule has 0 aliphatic rings. The van der Waals surface area contributed by atoms with Gasteiger partial charge >= 0.3 is 11.9 Å². The Morgan fingerprint density at radius 1 is 0.556 bits per heavy atom. The van der Waals surface area contributed by atoms with E-state index in [1.165, 1.54) is 0 Å². The molecule has 4 rings (SSSR count). The van der Waals surface area contributed by atoms with Gasteiger partial charge in [-0.25, -0.2) is 9.59 Å². The first kappa shape index (κ1) is 24.3. The molecule has 6 heteroatoms. The molecule has 0 N–H and O–H groups in total. The summed E-state index contributed by atoms with van der Waals surface area (Å²) in [6.45, 7) is 1.71. The minimum Gasteiger partial charge on any atom is -0.313 e. The molecule has 4 aromatic rings. The van der Waals surface area contributed by atoms with E-state index in [-0.39, 0.29) is 6.42 Å². The third-order valence-electron chi connectivity index (χ3n) is 5.29. The van der Waals surface area contributed by atoms with Crippen molar-refractivity contribution >= 4 is 23.4 Å². The summed E-state index contributed by atoms with van der Waals surface area (Å²) in [4.78, 5) is 35.0. The third kappa shape index (κ3) is 6.61. The Bertz CT molecular complexity index is 1370. The zero-order valence-corrected chi connectivity index (χ0v) is 19.7. The number of carbonyl (C=O) groups excluding carboxylic acids is 2. The molecule has 0 heterocycles. The Morgan fingerprint density at radius 2 is 1.00 bits per heavy atom. The summed E-state index contributed by atoms with van der Waals surface area (Å²) in [5, 5.41) is 8.11. The molecule has 36 heavy (non-hydrogen) atoms. The molecule has 0 atom stereocenters. The predicted octanol–water partition coefficient (Wildman–Crippen LogP) is 6.54. The largest absolute Gasteiger partial charge is 0.365 e. The zero-order chi connectivity index (χ0) is 25.2. The maximum Gasteiger partial charge on any atom is 0.365 e. The molecule has 6 nitrogen and oxygen atoms in total. The van der Waals surface area contributed by atoms with Gasteiger partial charge in [-0.1, -0.05) is 101 Å². The molecular weight excluding hydrogens is 452 g/mol. The second-order valence-electron chi connectivity index (χ2n) is 7.97. The molecule has 0 aliphatic carbocycles. The summed E-state index contributed by atoms with van der Waals surface area (Å²) >= 11 is 0. The van der Waals surface area contributed by atoms with Crippen molar-refractivity contribution in [2.75, 3.05) is 0 Å². The fourth-order valence-corrected chi connectivity index (χ4v) is 3.42. The topological polar surface area (TPSA) is 77.3 Å². The molecule has 178 valence electrons. The average molecular weight is 477 g/mol. The summed E-state index contributed by atoms with van der Waals surface area (Å²) in [6, 6.07) is 35.0. The normalized spacial score (nSPS) is 11.6. The van der Waals surface area contributed by atoms with Crippen LogP contribution in [-0.4, -0.2) is 23.4 Å². The molecule has 0 saturated carbocycles. The fraction of sp³-hybridized carbons (Fsp3) is 0.0667. The molecule has 0 saturated heterocycles. The maximum absolute atomic E-state index is 12.4. The first-order valence-electron chi connectivity index (χ1n) is 11.4. The summed E-state index contributed by atoms with van der Waals surface area (Å²) in [5.74, 6) is -1.13. The van der Waals surface area contributed by atoms with Crippen molar-refractivity contribution in [1.82, 2.24) is 0 Å². The van der Waals surface area contributed by atoms with Crippen molar-refractivity contribution in [3.05, 3.63) is 132 Å². The number of hydrogen-bond acceptors (Lipinski definition) is 6. The lowest BCUT2D eigenvalue weighted by Crippen LogP contribution is -2.11. The van der Waals surface area contributed by atoms with Gasteiger partial charge in [0, 0.05) is 6.42 Å². The van der Waals surface area contributed by atoms with Crippen LogP contribution in [-0.2, 0) is 9.68 Å². The second-order valence-corrected chi connectivity index (χ2v) is 7.97. The van der Waals surface area contributed by atoms with Gasteiger partial charge in [0.25, 0.3) is 0 Å². The Morgan fingerprint density at radius 3 is 1.53 bits per heavy atom. The van der Waals surface area contributed by atoms with E-state index in [0.717, 1.165) is 16.7 Å². The number of nitrogens with zero attached hydrogens (tertiary/aromatic N) is 2. The van der Waals surface area contributed by atoms with Gasteiger partial charge in [0.1, 0.15) is 0 Å². The molecule has 0 bridgehead atoms. The van der Waals surface area contributed by atoms with Crippen molar-refractivity contribution in [1.29, 1.82) is 0 Å². The van der Waals surface area contributed by atoms with Crippen molar-refractivity contribution in [2.24, 2.45) is 10.3 Å². The van der Waals surface area contributed by atoms with E-state index in [4.69, 9.17) is 9.68 Å². The smallest absolute Gasteiger partial charge is 0.313 e. The number of rotatable bonds is 8. The monoisotopic (exact) mass is 476 g/mol. The lowest BCUT2D eigenvalue weighted by atomic mass is 10.0. The van der Waals surface area contributed by atoms with Gasteiger partial charge in [-0.2, -0.15) is 0 Å². The molecule has 0 amide bonds. The molecule has 0 aliphatic heterocycles. The first-order valence-corrected chi connectivity index (χ1v) is 11.4. The van der Waals surface area contributed by atoms with Crippen LogP contribution in [0.1, 0.15) is 39.6 Å². The van der Waals surface area contributed by atoms with Crippen molar-refractivity contribution < 1.29 is 19.3 Å². The highest BCUT2D eigenvalue weighted by atomic mass is 16.7. The molecule has 0 fully saturated rings. The van der Waals surface area contributed by atoms with Gasteiger partial charge < -0.3 is 9.68 Å². The van der Waals surface area contributed by atoms with Crippen LogP contribution < -0.4 is 0 Å². The molecule has 0 unspecified atom stereocenters. The third-order valence-corrected chi connectivity index (χ3v) is 5.29. The summed E-state index contributed by atoms with van der Waals surface area (Å²) in [5.41, 5.74) is 4.63. The molecule has 0 radical (unpaired) electrons. The average Bonchev–Trinajstić information content (AvgIpc) is 2.95. The van der Waals surface area contributed by atoms with Gasteiger partial charge in [0.15, 0.2) is 0 Å². The summed E-state index contributed by atoms with van der Waals surface area (Å²) in [6.07, 6.45) is 0.203. The van der Waals surface area contributed by atoms with E-state index in [2.05, 4.69) is 10.3 Å². The van der Waals surface area contributed by atoms with Gasteiger partial charge in [-0.3, -0.25) is 0 Å². The van der Waals surface area contributed by atoms with E-state index in [1.54, 1.807) is 55.5 Å². The standard InChI is InChI=1S/C30H24N2O4/c1-22(31-35-29(33)26-13-7-3-8-14-26)21-28(32-36-30(34)27-15-9-4-10-16-27)25-19-17-24(18-20-25)23-11-5-2-6-12-23/h2-20H,21H2,1H3/b31-22+,32-28-. The first-order chi connectivity index (χ1) is 17.6. The zero-order valence-electron chi connectivity index (χ0n) is 19.7. The minimum absolute atomic E-state index is 0.203. The number of benzene rings is 4. The van der Waals surface area contributed by atoms with Crippen molar-refractivity contribution in [2.45, 2.75) is 13.3 Å². The van der Waals surface area contributed by atoms with Crippen molar-refractivity contribution in [3.8, 4) is 11.1 Å². The van der Waals surface area contributed by atoms with Gasteiger partial charge in [0.05, 0.1) is 22.6 Å². The lowest BCUT2D eigenvalue weighted by Gasteiger charge is -2.08. The lowest BCUT2D eigenvalue weighted by molar-refractivity contribution is 0.0510. The second kappa shape index (κ2) is 12.0. The van der Waals surface area contributed by atoms with E-state index in [9.17, 15) is 9.59 Å². The highest BCUT2D eigenvalue weighted by Crippen LogP contribution is 2.20. The fourth-order valence-electron chi connectivity index (χ4n) is 3.42. The van der Waals surface area contributed by atoms with Crippen LogP contribution in [0.5, 0.6) is 0 Å². The molecule has 4 aromatic carbocycles. The van der Waals surface area contributed by atoms with E-state index in [1.807, 2.05) is 66.7 Å². The van der Waals surface area contributed by atoms with Crippen LogP contribution in [0, 0.1) is 0 Å². The van der Waals surface area contributed by atoms with Crippen LogP contribution in [0.25, 0.3) is 11.1 Å². The van der Waals surface area contributed by atoms with Gasteiger partial charge in [0.2, 0.25) is 0 Å². The Labute approximate surface area is 209 Å². The van der Waals surface area contributed by atoms with Gasteiger partial charge in [-0.05, 0) is 47.9 Å². The van der Waals surface area contributed by atoms with Gasteiger partial charge in [-0.15, -0.1) is 0 Å². The Balaban J connectivity index is 1.54. The highest BCUT2D eigenvalue weighted by Gasteiger charge is 2.13. The van der Waals surface area contributed by atoms with Crippen LogP contribution in [0.15, 0.2) is 126 Å². The number of carbonyl (C=O) groups is 2. The predicted molar refractivity (Wildman–Crippen MR) is 140 cm³/mol. The molecule has 0 aromatic heterocycles. The quantitative estimate of drug-likeness (QED) is 0.164. The van der Waals surface area contributed by atoms with E-state index in [0.29, 0.717) is 22.6 Å². The van der Waals surface area contributed by atoms with E-state index >= 15 is 0 Å². The molecule has 0 spiro atoms. The number of hydrogen-bond donors (Lipinski definition) is 0. The summed E-state index contributed by atoms with van der Waals surface area (Å²) in [7, 11) is 0. The summed E-state index contributed by atoms with van der Waals surface area (Å²) < 4.78 is 0.